The monoisotopic (exact) mass is 398 g/mol. The number of rotatable bonds is 5. The molecule has 0 spiro atoms. The molecule has 1 amide bonds. The van der Waals surface area contributed by atoms with E-state index >= 15 is 0 Å². The van der Waals surface area contributed by atoms with Gasteiger partial charge in [-0.05, 0) is 36.6 Å². The lowest BCUT2D eigenvalue weighted by atomic mass is 10.0. The minimum atomic E-state index is 0.235. The third-order valence-corrected chi connectivity index (χ3v) is 7.06. The van der Waals surface area contributed by atoms with Gasteiger partial charge in [-0.2, -0.15) is 0 Å². The Balaban J connectivity index is 1.39. The Hall–Kier alpha value is -1.76. The summed E-state index contributed by atoms with van der Waals surface area (Å²) in [5.41, 5.74) is 4.65. The largest absolute Gasteiger partial charge is 0.336 e. The molecule has 0 aromatic carbocycles. The Kier molecular flexibility index (Phi) is 6.09. The fourth-order valence-corrected chi connectivity index (χ4v) is 5.23. The van der Waals surface area contributed by atoms with E-state index < -0.39 is 0 Å². The zero-order valence-corrected chi connectivity index (χ0v) is 17.8. The number of amides is 1. The number of piperazine rings is 1. The van der Waals surface area contributed by atoms with E-state index in [-0.39, 0.29) is 5.91 Å². The van der Waals surface area contributed by atoms with Crippen molar-refractivity contribution >= 4 is 17.2 Å². The van der Waals surface area contributed by atoms with Gasteiger partial charge in [-0.15, -0.1) is 11.3 Å². The molecule has 0 unspecified atom stereocenters. The van der Waals surface area contributed by atoms with Crippen molar-refractivity contribution in [2.24, 2.45) is 0 Å². The van der Waals surface area contributed by atoms with Crippen LogP contribution in [0.2, 0.25) is 0 Å². The van der Waals surface area contributed by atoms with Crippen LogP contribution in [0.25, 0.3) is 0 Å². The van der Waals surface area contributed by atoms with Gasteiger partial charge < -0.3 is 9.80 Å². The average molecular weight is 399 g/mol. The van der Waals surface area contributed by atoms with Crippen LogP contribution in [-0.2, 0) is 25.9 Å². The van der Waals surface area contributed by atoms with E-state index in [0.717, 1.165) is 76.5 Å². The van der Waals surface area contributed by atoms with Gasteiger partial charge in [0.05, 0.1) is 11.3 Å². The molecule has 2 aromatic rings. The first-order chi connectivity index (χ1) is 13.7. The van der Waals surface area contributed by atoms with Gasteiger partial charge in [0.2, 0.25) is 0 Å². The van der Waals surface area contributed by atoms with Gasteiger partial charge in [-0.3, -0.25) is 14.7 Å². The molecule has 0 bridgehead atoms. The predicted molar refractivity (Wildman–Crippen MR) is 114 cm³/mol. The number of pyridine rings is 1. The summed E-state index contributed by atoms with van der Waals surface area (Å²) in [5.74, 6) is 0.235. The van der Waals surface area contributed by atoms with E-state index in [4.69, 9.17) is 0 Å². The second kappa shape index (κ2) is 8.72. The SMILES string of the molecule is CCc1ccc(CN2CCc3c(C(=O)N4CCN(CC)CC4)csc3C2)nc1. The first-order valence-electron chi connectivity index (χ1n) is 10.4. The topological polar surface area (TPSA) is 39.7 Å². The van der Waals surface area contributed by atoms with Crippen LogP contribution in [0.1, 0.15) is 45.9 Å². The van der Waals surface area contributed by atoms with Crippen molar-refractivity contribution in [2.45, 2.75) is 39.8 Å². The second-order valence-electron chi connectivity index (χ2n) is 7.75. The smallest absolute Gasteiger partial charge is 0.255 e. The molecule has 2 aliphatic rings. The van der Waals surface area contributed by atoms with Crippen LogP contribution >= 0.6 is 11.3 Å². The minimum Gasteiger partial charge on any atom is -0.336 e. The summed E-state index contributed by atoms with van der Waals surface area (Å²) in [5, 5.41) is 2.09. The number of hydrogen-bond acceptors (Lipinski definition) is 5. The summed E-state index contributed by atoms with van der Waals surface area (Å²) in [4.78, 5) is 25.9. The summed E-state index contributed by atoms with van der Waals surface area (Å²) in [6, 6.07) is 4.32. The van der Waals surface area contributed by atoms with Crippen molar-refractivity contribution < 1.29 is 4.79 Å². The van der Waals surface area contributed by atoms with Crippen LogP contribution in [0.3, 0.4) is 0 Å². The number of thiophene rings is 1. The van der Waals surface area contributed by atoms with Gasteiger partial charge in [-0.1, -0.05) is 19.9 Å². The number of carbonyl (C=O) groups is 1. The maximum atomic E-state index is 13.1. The number of aryl methyl sites for hydroxylation is 1. The molecular formula is C22H30N4OS. The van der Waals surface area contributed by atoms with Crippen LogP contribution < -0.4 is 0 Å². The molecule has 150 valence electrons. The quantitative estimate of drug-likeness (QED) is 0.776. The Bertz CT molecular complexity index is 808. The molecule has 2 aliphatic heterocycles. The molecule has 0 N–H and O–H groups in total. The minimum absolute atomic E-state index is 0.235. The highest BCUT2D eigenvalue weighted by Crippen LogP contribution is 2.30. The van der Waals surface area contributed by atoms with Crippen LogP contribution in [0.4, 0.5) is 0 Å². The zero-order chi connectivity index (χ0) is 19.5. The van der Waals surface area contributed by atoms with E-state index in [0.29, 0.717) is 0 Å². The highest BCUT2D eigenvalue weighted by atomic mass is 32.1. The highest BCUT2D eigenvalue weighted by molar-refractivity contribution is 7.10. The average Bonchev–Trinajstić information content (AvgIpc) is 3.17. The third kappa shape index (κ3) is 4.14. The molecule has 4 rings (SSSR count). The zero-order valence-electron chi connectivity index (χ0n) is 17.0. The number of likely N-dealkylation sites (N-methyl/N-ethyl adjacent to an activating group) is 1. The normalized spacial score (nSPS) is 18.3. The Morgan fingerprint density at radius 3 is 2.61 bits per heavy atom. The van der Waals surface area contributed by atoms with Gasteiger partial charge in [0.1, 0.15) is 0 Å². The van der Waals surface area contributed by atoms with Crippen molar-refractivity contribution in [1.82, 2.24) is 19.7 Å². The standard InChI is InChI=1S/C22H30N4OS/c1-3-17-5-6-18(23-13-17)14-25-8-7-19-20(16-28-21(19)15-25)22(27)26-11-9-24(4-2)10-12-26/h5-6,13,16H,3-4,7-12,14-15H2,1-2H3. The van der Waals surface area contributed by atoms with Gasteiger partial charge >= 0.3 is 0 Å². The van der Waals surface area contributed by atoms with Gasteiger partial charge in [0.25, 0.3) is 5.91 Å². The summed E-state index contributed by atoms with van der Waals surface area (Å²) in [6.07, 6.45) is 3.98. The molecule has 2 aromatic heterocycles. The maximum Gasteiger partial charge on any atom is 0.255 e. The van der Waals surface area contributed by atoms with Crippen molar-refractivity contribution in [3.63, 3.8) is 0 Å². The molecule has 6 heteroatoms. The molecule has 0 aliphatic carbocycles. The first kappa shape index (κ1) is 19.6. The van der Waals surface area contributed by atoms with Gasteiger partial charge in [-0.25, -0.2) is 0 Å². The van der Waals surface area contributed by atoms with E-state index in [9.17, 15) is 4.79 Å². The number of carbonyl (C=O) groups excluding carboxylic acids is 1. The number of nitrogens with zero attached hydrogens (tertiary/aromatic N) is 4. The van der Waals surface area contributed by atoms with Crippen LogP contribution in [-0.4, -0.2) is 64.9 Å². The molecule has 4 heterocycles. The van der Waals surface area contributed by atoms with Gasteiger partial charge in [0, 0.05) is 62.3 Å². The lowest BCUT2D eigenvalue weighted by Crippen LogP contribution is -2.48. The predicted octanol–water partition coefficient (Wildman–Crippen LogP) is 3.04. The molecule has 1 fully saturated rings. The summed E-state index contributed by atoms with van der Waals surface area (Å²) in [7, 11) is 0. The molecule has 28 heavy (non-hydrogen) atoms. The fraction of sp³-hybridized carbons (Fsp3) is 0.545. The lowest BCUT2D eigenvalue weighted by molar-refractivity contribution is 0.0642. The van der Waals surface area contributed by atoms with Crippen LogP contribution in [0.15, 0.2) is 23.7 Å². The summed E-state index contributed by atoms with van der Waals surface area (Å²) in [6.45, 7) is 11.9. The molecule has 0 atom stereocenters. The molecule has 1 saturated heterocycles. The van der Waals surface area contributed by atoms with Crippen molar-refractivity contribution in [3.05, 3.63) is 51.0 Å². The van der Waals surface area contributed by atoms with Crippen molar-refractivity contribution in [3.8, 4) is 0 Å². The van der Waals surface area contributed by atoms with Crippen LogP contribution in [0, 0.1) is 0 Å². The molecule has 0 saturated carbocycles. The van der Waals surface area contributed by atoms with E-state index in [2.05, 4.69) is 46.1 Å². The Morgan fingerprint density at radius 2 is 1.93 bits per heavy atom. The van der Waals surface area contributed by atoms with Gasteiger partial charge in [0.15, 0.2) is 0 Å². The first-order valence-corrected chi connectivity index (χ1v) is 11.3. The van der Waals surface area contributed by atoms with E-state index in [1.54, 1.807) is 11.3 Å². The number of aromatic nitrogens is 1. The van der Waals surface area contributed by atoms with E-state index in [1.165, 1.54) is 16.0 Å². The Morgan fingerprint density at radius 1 is 1.11 bits per heavy atom. The fourth-order valence-electron chi connectivity index (χ4n) is 4.12. The number of fused-ring (bicyclic) bond motifs is 1. The molecule has 0 radical (unpaired) electrons. The molecular weight excluding hydrogens is 368 g/mol. The van der Waals surface area contributed by atoms with Crippen LogP contribution in [0.5, 0.6) is 0 Å². The number of hydrogen-bond donors (Lipinski definition) is 0. The van der Waals surface area contributed by atoms with Crippen molar-refractivity contribution in [1.29, 1.82) is 0 Å². The van der Waals surface area contributed by atoms with E-state index in [1.807, 2.05) is 11.1 Å². The van der Waals surface area contributed by atoms with Crippen molar-refractivity contribution in [2.75, 3.05) is 39.3 Å². The maximum absolute atomic E-state index is 13.1. The summed E-state index contributed by atoms with van der Waals surface area (Å²) < 4.78 is 0. The lowest BCUT2D eigenvalue weighted by Gasteiger charge is -2.34. The highest BCUT2D eigenvalue weighted by Gasteiger charge is 2.28. The second-order valence-corrected chi connectivity index (χ2v) is 8.71. The molecule has 5 nitrogen and oxygen atoms in total. The summed E-state index contributed by atoms with van der Waals surface area (Å²) >= 11 is 1.75. The third-order valence-electron chi connectivity index (χ3n) is 6.04. The Labute approximate surface area is 172 Å².